The summed E-state index contributed by atoms with van der Waals surface area (Å²) in [7, 11) is -2.08. The molecule has 0 aromatic heterocycles. The van der Waals surface area contributed by atoms with Gasteiger partial charge in [0.15, 0.2) is 11.5 Å². The number of ether oxygens (including phenoxy) is 2. The van der Waals surface area contributed by atoms with Crippen molar-refractivity contribution in [1.82, 2.24) is 0 Å². The Bertz CT molecular complexity index is 1030. The predicted octanol–water partition coefficient (Wildman–Crippen LogP) is 8.64. The van der Waals surface area contributed by atoms with Crippen LogP contribution in [0.4, 0.5) is 0 Å². The minimum Gasteiger partial charge on any atom is -0.543 e. The lowest BCUT2D eigenvalue weighted by Gasteiger charge is -2.37. The summed E-state index contributed by atoms with van der Waals surface area (Å²) in [5.41, 5.74) is 2.11. The Morgan fingerprint density at radius 1 is 0.812 bits per heavy atom. The first kappa shape index (κ1) is 24.7. The molecule has 0 amide bonds. The number of benzene rings is 3. The maximum atomic E-state index is 6.78. The maximum absolute atomic E-state index is 6.78. The second kappa shape index (κ2) is 10.3. The van der Waals surface area contributed by atoms with Crippen LogP contribution < -0.4 is 13.9 Å². The first-order valence-electron chi connectivity index (χ1n) is 10.6. The third-order valence-electron chi connectivity index (χ3n) is 5.73. The number of hydrogen-bond donors (Lipinski definition) is 0. The molecule has 0 atom stereocenters. The fourth-order valence-electron chi connectivity index (χ4n) is 2.77. The van der Waals surface area contributed by atoms with Crippen LogP contribution in [0, 0.1) is 0 Å². The number of hydrogen-bond acceptors (Lipinski definition) is 3. The van der Waals surface area contributed by atoms with Gasteiger partial charge in [-0.25, -0.2) is 0 Å². The van der Waals surface area contributed by atoms with Gasteiger partial charge in [0.25, 0.3) is 8.32 Å². The molecule has 0 aliphatic rings. The molecule has 3 aromatic carbocycles. The van der Waals surface area contributed by atoms with Gasteiger partial charge in [0.05, 0.1) is 4.47 Å². The largest absolute Gasteiger partial charge is 0.543 e. The second-order valence-corrected chi connectivity index (χ2v) is 15.1. The molecule has 0 unspecified atom stereocenters. The molecule has 3 rings (SSSR count). The second-order valence-electron chi connectivity index (χ2n) is 9.24. The van der Waals surface area contributed by atoms with E-state index in [9.17, 15) is 0 Å². The van der Waals surface area contributed by atoms with E-state index in [1.165, 1.54) is 0 Å². The van der Waals surface area contributed by atoms with Crippen molar-refractivity contribution in [3.05, 3.63) is 87.4 Å². The summed E-state index contributed by atoms with van der Waals surface area (Å²) in [6, 6.07) is 21.9. The summed E-state index contributed by atoms with van der Waals surface area (Å²) in [5, 5.41) is 0.493. The summed E-state index contributed by atoms with van der Waals surface area (Å²) in [4.78, 5) is 0. The monoisotopic (exact) mass is 532 g/mol. The highest BCUT2D eigenvalue weighted by molar-refractivity contribution is 9.10. The Labute approximate surface area is 205 Å². The van der Waals surface area contributed by atoms with Crippen LogP contribution in [0.15, 0.2) is 71.2 Å². The van der Waals surface area contributed by atoms with E-state index in [2.05, 4.69) is 49.8 Å². The Balaban J connectivity index is 1.95. The lowest BCUT2D eigenvalue weighted by atomic mass is 10.2. The van der Waals surface area contributed by atoms with E-state index in [1.807, 2.05) is 66.7 Å². The molecule has 3 aromatic rings. The molecule has 0 N–H and O–H groups in total. The van der Waals surface area contributed by atoms with Gasteiger partial charge in [-0.3, -0.25) is 0 Å². The van der Waals surface area contributed by atoms with Crippen LogP contribution in [-0.4, -0.2) is 8.32 Å². The zero-order chi connectivity index (χ0) is 23.4. The summed E-state index contributed by atoms with van der Waals surface area (Å²) < 4.78 is 19.6. The van der Waals surface area contributed by atoms with Crippen molar-refractivity contribution in [2.24, 2.45) is 0 Å². The van der Waals surface area contributed by atoms with E-state index in [-0.39, 0.29) is 5.04 Å². The zero-order valence-electron chi connectivity index (χ0n) is 19.2. The fraction of sp³-hybridized carbons (Fsp3) is 0.308. The Kier molecular flexibility index (Phi) is 7.96. The third-order valence-corrected chi connectivity index (χ3v) is 11.4. The van der Waals surface area contributed by atoms with Crippen molar-refractivity contribution >= 4 is 35.8 Å². The zero-order valence-corrected chi connectivity index (χ0v) is 22.6. The fourth-order valence-corrected chi connectivity index (χ4v) is 4.56. The van der Waals surface area contributed by atoms with Crippen molar-refractivity contribution in [3.63, 3.8) is 0 Å². The molecule has 0 spiro atoms. The van der Waals surface area contributed by atoms with E-state index in [0.717, 1.165) is 11.1 Å². The van der Waals surface area contributed by atoms with Crippen LogP contribution in [0.5, 0.6) is 17.2 Å². The predicted molar refractivity (Wildman–Crippen MR) is 139 cm³/mol. The van der Waals surface area contributed by atoms with Gasteiger partial charge in [-0.15, -0.1) is 0 Å². The van der Waals surface area contributed by atoms with E-state index >= 15 is 0 Å². The lowest BCUT2D eigenvalue weighted by molar-refractivity contribution is 0.255. The molecule has 6 heteroatoms. The minimum atomic E-state index is -2.08. The molecule has 0 fully saturated rings. The molecule has 0 saturated carbocycles. The van der Waals surface area contributed by atoms with Crippen molar-refractivity contribution in [3.8, 4) is 17.2 Å². The smallest absolute Gasteiger partial charge is 0.250 e. The molecule has 170 valence electrons. The molecule has 0 bridgehead atoms. The van der Waals surface area contributed by atoms with Gasteiger partial charge < -0.3 is 13.9 Å². The van der Waals surface area contributed by atoms with Crippen LogP contribution in [0.3, 0.4) is 0 Å². The van der Waals surface area contributed by atoms with Crippen LogP contribution in [0.1, 0.15) is 31.9 Å². The third kappa shape index (κ3) is 6.09. The minimum absolute atomic E-state index is 0.0481. The van der Waals surface area contributed by atoms with Gasteiger partial charge in [0.1, 0.15) is 24.0 Å². The van der Waals surface area contributed by atoms with Crippen molar-refractivity contribution in [2.45, 2.75) is 52.1 Å². The molecule has 0 heterocycles. The van der Waals surface area contributed by atoms with Gasteiger partial charge in [0.2, 0.25) is 0 Å². The maximum Gasteiger partial charge on any atom is 0.250 e. The van der Waals surface area contributed by atoms with Crippen LogP contribution in [-0.2, 0) is 13.2 Å². The standard InChI is InChI=1S/C26H30BrClO3Si/c1-26(2,3)32(4,5)31-21-16-22(29-17-19-12-8-6-9-13-19)25(24(28)23(21)27)30-18-20-14-10-7-11-15-20/h6-16H,17-18H2,1-5H3. The molecule has 32 heavy (non-hydrogen) atoms. The lowest BCUT2D eigenvalue weighted by Crippen LogP contribution is -2.44. The van der Waals surface area contributed by atoms with E-state index in [4.69, 9.17) is 25.5 Å². The van der Waals surface area contributed by atoms with Crippen molar-refractivity contribution < 1.29 is 13.9 Å². The topological polar surface area (TPSA) is 27.7 Å². The van der Waals surface area contributed by atoms with Gasteiger partial charge >= 0.3 is 0 Å². The van der Waals surface area contributed by atoms with Crippen molar-refractivity contribution in [1.29, 1.82) is 0 Å². The average Bonchev–Trinajstić information content (AvgIpc) is 2.75. The van der Waals surface area contributed by atoms with Gasteiger partial charge in [-0.2, -0.15) is 0 Å². The SMILES string of the molecule is CC(C)(C)[Si](C)(C)Oc1cc(OCc2ccccc2)c(OCc2ccccc2)c(Cl)c1Br. The van der Waals surface area contributed by atoms with Crippen molar-refractivity contribution in [2.75, 3.05) is 0 Å². The van der Waals surface area contributed by atoms with Gasteiger partial charge in [0, 0.05) is 6.07 Å². The highest BCUT2D eigenvalue weighted by Gasteiger charge is 2.40. The van der Waals surface area contributed by atoms with E-state index in [0.29, 0.717) is 40.0 Å². The van der Waals surface area contributed by atoms with Crippen LogP contribution in [0.2, 0.25) is 23.2 Å². The highest BCUT2D eigenvalue weighted by atomic mass is 79.9. The number of rotatable bonds is 8. The quantitative estimate of drug-likeness (QED) is 0.271. The molecular weight excluding hydrogens is 504 g/mol. The molecule has 0 radical (unpaired) electrons. The summed E-state index contributed by atoms with van der Waals surface area (Å²) in [6.07, 6.45) is 0. The molecule has 0 saturated heterocycles. The molecule has 0 aliphatic heterocycles. The average molecular weight is 534 g/mol. The summed E-state index contributed by atoms with van der Waals surface area (Å²) in [6.45, 7) is 11.8. The first-order chi connectivity index (χ1) is 15.1. The van der Waals surface area contributed by atoms with Gasteiger partial charge in [-0.05, 0) is 45.2 Å². The molecule has 3 nitrogen and oxygen atoms in total. The van der Waals surface area contributed by atoms with E-state index < -0.39 is 8.32 Å². The highest BCUT2D eigenvalue weighted by Crippen LogP contribution is 2.48. The Hall–Kier alpha value is -1.95. The van der Waals surface area contributed by atoms with E-state index in [1.54, 1.807) is 0 Å². The Morgan fingerprint density at radius 2 is 1.31 bits per heavy atom. The normalized spacial score (nSPS) is 11.8. The number of halogens is 2. The summed E-state index contributed by atoms with van der Waals surface area (Å²) >= 11 is 10.4. The first-order valence-corrected chi connectivity index (χ1v) is 14.7. The summed E-state index contributed by atoms with van der Waals surface area (Å²) in [5.74, 6) is 1.74. The van der Waals surface area contributed by atoms with Gasteiger partial charge in [-0.1, -0.05) is 93.0 Å². The Morgan fingerprint density at radius 3 is 1.81 bits per heavy atom. The van der Waals surface area contributed by atoms with Crippen LogP contribution in [0.25, 0.3) is 0 Å². The molecular formula is C26H30BrClO3Si. The van der Waals surface area contributed by atoms with Crippen LogP contribution >= 0.6 is 27.5 Å². The molecule has 0 aliphatic carbocycles.